The number of carboxylic acid groups (broad SMARTS) is 1. The molecule has 0 radical (unpaired) electrons. The smallest absolute Gasteiger partial charge is 0.323 e. The number of rotatable bonds is 5. The Hall–Kier alpha value is -1.55. The Kier molecular flexibility index (Phi) is 4.12. The predicted octanol–water partition coefficient (Wildman–Crippen LogP) is 1.76. The zero-order valence-corrected chi connectivity index (χ0v) is 10.2. The van der Waals surface area contributed by atoms with Crippen LogP contribution in [0.1, 0.15) is 25.8 Å². The molecule has 0 spiro atoms. The predicted molar refractivity (Wildman–Crippen MR) is 65.8 cm³/mol. The standard InChI is InChI=1S/C13H19NO3/c1-9(8-13(2,14)12(16)17)6-10-4-3-5-11(15)7-10/h3-5,7,9,15H,6,8,14H2,1-2H3,(H,16,17). The molecule has 2 unspecified atom stereocenters. The van der Waals surface area contributed by atoms with Crippen LogP contribution in [0.2, 0.25) is 0 Å². The molecule has 0 aliphatic heterocycles. The first-order chi connectivity index (χ1) is 7.81. The maximum absolute atomic E-state index is 10.9. The van der Waals surface area contributed by atoms with Crippen molar-refractivity contribution in [2.45, 2.75) is 32.2 Å². The molecule has 0 aromatic heterocycles. The van der Waals surface area contributed by atoms with E-state index < -0.39 is 11.5 Å². The van der Waals surface area contributed by atoms with Crippen molar-refractivity contribution in [3.63, 3.8) is 0 Å². The molecule has 0 heterocycles. The molecule has 4 heteroatoms. The lowest BCUT2D eigenvalue weighted by atomic mass is 9.87. The average Bonchev–Trinajstić information content (AvgIpc) is 2.15. The zero-order valence-electron chi connectivity index (χ0n) is 10.2. The molecule has 0 saturated heterocycles. The van der Waals surface area contributed by atoms with Gasteiger partial charge in [0, 0.05) is 0 Å². The number of aliphatic carboxylic acids is 1. The van der Waals surface area contributed by atoms with Crippen molar-refractivity contribution in [2.75, 3.05) is 0 Å². The fourth-order valence-corrected chi connectivity index (χ4v) is 1.97. The minimum absolute atomic E-state index is 0.142. The van der Waals surface area contributed by atoms with E-state index in [0.29, 0.717) is 12.8 Å². The second kappa shape index (κ2) is 5.19. The molecule has 0 amide bonds. The van der Waals surface area contributed by atoms with E-state index in [9.17, 15) is 9.90 Å². The number of carboxylic acids is 1. The monoisotopic (exact) mass is 237 g/mol. The van der Waals surface area contributed by atoms with Gasteiger partial charge in [0.2, 0.25) is 0 Å². The Morgan fingerprint density at radius 1 is 1.53 bits per heavy atom. The van der Waals surface area contributed by atoms with Crippen molar-refractivity contribution in [3.8, 4) is 5.75 Å². The van der Waals surface area contributed by atoms with Crippen molar-refractivity contribution in [1.82, 2.24) is 0 Å². The van der Waals surface area contributed by atoms with Gasteiger partial charge in [0.15, 0.2) is 0 Å². The Morgan fingerprint density at radius 2 is 2.18 bits per heavy atom. The second-order valence-corrected chi connectivity index (χ2v) is 4.91. The topological polar surface area (TPSA) is 83.5 Å². The first kappa shape index (κ1) is 13.5. The summed E-state index contributed by atoms with van der Waals surface area (Å²) in [6, 6.07) is 6.98. The van der Waals surface area contributed by atoms with Crippen molar-refractivity contribution >= 4 is 5.97 Å². The lowest BCUT2D eigenvalue weighted by molar-refractivity contribution is -0.143. The Bertz CT molecular complexity index is 401. The van der Waals surface area contributed by atoms with Gasteiger partial charge in [-0.2, -0.15) is 0 Å². The third-order valence-corrected chi connectivity index (χ3v) is 2.76. The van der Waals surface area contributed by atoms with Crippen LogP contribution in [0.15, 0.2) is 24.3 Å². The Labute approximate surface area is 101 Å². The summed E-state index contributed by atoms with van der Waals surface area (Å²) in [6.45, 7) is 3.48. The lowest BCUT2D eigenvalue weighted by Gasteiger charge is -2.23. The highest BCUT2D eigenvalue weighted by Crippen LogP contribution is 2.20. The molecule has 4 nitrogen and oxygen atoms in total. The molecule has 1 aromatic carbocycles. The van der Waals surface area contributed by atoms with Gasteiger partial charge in [-0.25, -0.2) is 0 Å². The molecule has 0 saturated carbocycles. The largest absolute Gasteiger partial charge is 0.508 e. The fourth-order valence-electron chi connectivity index (χ4n) is 1.97. The molecule has 0 bridgehead atoms. The maximum atomic E-state index is 10.9. The van der Waals surface area contributed by atoms with Gasteiger partial charge in [0.05, 0.1) is 0 Å². The highest BCUT2D eigenvalue weighted by atomic mass is 16.4. The van der Waals surface area contributed by atoms with E-state index >= 15 is 0 Å². The van der Waals surface area contributed by atoms with Crippen LogP contribution in [-0.2, 0) is 11.2 Å². The summed E-state index contributed by atoms with van der Waals surface area (Å²) < 4.78 is 0. The zero-order chi connectivity index (χ0) is 13.1. The number of nitrogens with two attached hydrogens (primary N) is 1. The van der Waals surface area contributed by atoms with E-state index in [0.717, 1.165) is 5.56 Å². The number of phenols is 1. The van der Waals surface area contributed by atoms with E-state index in [1.54, 1.807) is 18.2 Å². The quantitative estimate of drug-likeness (QED) is 0.728. The molecular weight excluding hydrogens is 218 g/mol. The van der Waals surface area contributed by atoms with E-state index in [1.165, 1.54) is 6.92 Å². The van der Waals surface area contributed by atoms with Gasteiger partial charge in [0.1, 0.15) is 11.3 Å². The number of benzene rings is 1. The minimum atomic E-state index is -1.20. The van der Waals surface area contributed by atoms with Crippen LogP contribution in [0.3, 0.4) is 0 Å². The van der Waals surface area contributed by atoms with Crippen molar-refractivity contribution in [3.05, 3.63) is 29.8 Å². The third-order valence-electron chi connectivity index (χ3n) is 2.76. The van der Waals surface area contributed by atoms with Crippen LogP contribution < -0.4 is 5.73 Å². The maximum Gasteiger partial charge on any atom is 0.323 e. The summed E-state index contributed by atoms with van der Waals surface area (Å²) in [5, 5.41) is 18.3. The van der Waals surface area contributed by atoms with Gasteiger partial charge < -0.3 is 15.9 Å². The van der Waals surface area contributed by atoms with Crippen molar-refractivity contribution in [2.24, 2.45) is 11.7 Å². The first-order valence-corrected chi connectivity index (χ1v) is 5.61. The summed E-state index contributed by atoms with van der Waals surface area (Å²) >= 11 is 0. The van der Waals surface area contributed by atoms with Gasteiger partial charge in [-0.05, 0) is 43.4 Å². The molecular formula is C13H19NO3. The van der Waals surface area contributed by atoms with Crippen LogP contribution >= 0.6 is 0 Å². The average molecular weight is 237 g/mol. The molecule has 2 atom stereocenters. The highest BCUT2D eigenvalue weighted by Gasteiger charge is 2.29. The number of hydrogen-bond acceptors (Lipinski definition) is 3. The van der Waals surface area contributed by atoms with Gasteiger partial charge in [-0.1, -0.05) is 19.1 Å². The molecule has 0 aliphatic rings. The highest BCUT2D eigenvalue weighted by molar-refractivity contribution is 5.77. The minimum Gasteiger partial charge on any atom is -0.508 e. The van der Waals surface area contributed by atoms with Gasteiger partial charge in [-0.3, -0.25) is 4.79 Å². The Balaban J connectivity index is 2.61. The van der Waals surface area contributed by atoms with E-state index in [4.69, 9.17) is 10.8 Å². The number of hydrogen-bond donors (Lipinski definition) is 3. The molecule has 0 fully saturated rings. The number of carbonyl (C=O) groups is 1. The van der Waals surface area contributed by atoms with E-state index in [2.05, 4.69) is 0 Å². The molecule has 17 heavy (non-hydrogen) atoms. The molecule has 0 aliphatic carbocycles. The lowest BCUT2D eigenvalue weighted by Crippen LogP contribution is -2.46. The van der Waals surface area contributed by atoms with Gasteiger partial charge in [0.25, 0.3) is 0 Å². The van der Waals surface area contributed by atoms with Gasteiger partial charge in [-0.15, -0.1) is 0 Å². The Morgan fingerprint density at radius 3 is 2.71 bits per heavy atom. The van der Waals surface area contributed by atoms with E-state index in [1.807, 2.05) is 13.0 Å². The van der Waals surface area contributed by atoms with Crippen molar-refractivity contribution < 1.29 is 15.0 Å². The number of phenolic OH excluding ortho intramolecular Hbond substituents is 1. The SMILES string of the molecule is CC(Cc1cccc(O)c1)CC(C)(N)C(=O)O. The van der Waals surface area contributed by atoms with Crippen molar-refractivity contribution in [1.29, 1.82) is 0 Å². The third kappa shape index (κ3) is 4.07. The summed E-state index contributed by atoms with van der Waals surface area (Å²) in [4.78, 5) is 10.9. The first-order valence-electron chi connectivity index (χ1n) is 5.61. The number of aromatic hydroxyl groups is 1. The molecule has 4 N–H and O–H groups in total. The normalized spacial score (nSPS) is 16.2. The van der Waals surface area contributed by atoms with E-state index in [-0.39, 0.29) is 11.7 Å². The summed E-state index contributed by atoms with van der Waals surface area (Å²) in [7, 11) is 0. The summed E-state index contributed by atoms with van der Waals surface area (Å²) in [6.07, 6.45) is 1.10. The van der Waals surface area contributed by atoms with Crippen LogP contribution in [0.4, 0.5) is 0 Å². The van der Waals surface area contributed by atoms with Crippen LogP contribution in [0, 0.1) is 5.92 Å². The van der Waals surface area contributed by atoms with Crippen LogP contribution in [-0.4, -0.2) is 21.7 Å². The van der Waals surface area contributed by atoms with Crippen LogP contribution in [0.25, 0.3) is 0 Å². The van der Waals surface area contributed by atoms with Crippen LogP contribution in [0.5, 0.6) is 5.75 Å². The fraction of sp³-hybridized carbons (Fsp3) is 0.462. The summed E-state index contributed by atoms with van der Waals surface area (Å²) in [5.74, 6) is -0.619. The molecule has 94 valence electrons. The molecule has 1 aromatic rings. The summed E-state index contributed by atoms with van der Waals surface area (Å²) in [5.41, 5.74) is 5.48. The second-order valence-electron chi connectivity index (χ2n) is 4.91. The van der Waals surface area contributed by atoms with Gasteiger partial charge >= 0.3 is 5.97 Å². The molecule has 1 rings (SSSR count).